The Kier molecular flexibility index (Phi) is 3.84. The van der Waals surface area contributed by atoms with Gasteiger partial charge in [-0.25, -0.2) is 0 Å². The van der Waals surface area contributed by atoms with Crippen molar-refractivity contribution in [1.82, 2.24) is 0 Å². The van der Waals surface area contributed by atoms with Crippen LogP contribution < -0.4 is 0 Å². The molecule has 0 spiro atoms. The zero-order chi connectivity index (χ0) is 12.7. The van der Waals surface area contributed by atoms with Crippen molar-refractivity contribution < 1.29 is 0 Å². The van der Waals surface area contributed by atoms with Gasteiger partial charge in [0.15, 0.2) is 0 Å². The lowest BCUT2D eigenvalue weighted by atomic mass is 9.38. The fraction of sp³-hybridized carbons (Fsp3) is 1.00. The van der Waals surface area contributed by atoms with Crippen LogP contribution in [0.3, 0.4) is 0 Å². The molecule has 0 aliphatic heterocycles. The molecule has 0 bridgehead atoms. The smallest absolute Gasteiger partial charge is 0.0659 e. The Morgan fingerprint density at radius 1 is 0.733 bits per heavy atom. The zero-order valence-electron chi connectivity index (χ0n) is 12.7. The first kappa shape index (κ1) is 15.1. The molecule has 0 amide bonds. The third kappa shape index (κ3) is 2.26. The predicted molar refractivity (Wildman–Crippen MR) is 74.2 cm³/mol. The van der Waals surface area contributed by atoms with Crippen molar-refractivity contribution in [2.24, 2.45) is 16.2 Å². The van der Waals surface area contributed by atoms with Gasteiger partial charge in [0.25, 0.3) is 0 Å². The van der Waals surface area contributed by atoms with Gasteiger partial charge in [-0.1, -0.05) is 74.0 Å². The lowest BCUT2D eigenvalue weighted by molar-refractivity contribution is -0.00278. The third-order valence-electron chi connectivity index (χ3n) is 5.62. The van der Waals surface area contributed by atoms with Crippen LogP contribution in [-0.4, -0.2) is 7.85 Å². The third-order valence-corrected chi connectivity index (χ3v) is 5.62. The van der Waals surface area contributed by atoms with E-state index in [1.807, 2.05) is 0 Å². The van der Waals surface area contributed by atoms with E-state index in [-0.39, 0.29) is 0 Å². The monoisotopic (exact) mass is 210 g/mol. The largest absolute Gasteiger partial charge is 0.110 e. The van der Waals surface area contributed by atoms with Crippen LogP contribution in [0.5, 0.6) is 0 Å². The molecule has 0 aliphatic rings. The minimum Gasteiger partial charge on any atom is -0.0659 e. The van der Waals surface area contributed by atoms with Crippen LogP contribution in [0.25, 0.3) is 0 Å². The Labute approximate surface area is 98.6 Å². The summed E-state index contributed by atoms with van der Waals surface area (Å²) in [5.74, 6) is 0. The van der Waals surface area contributed by atoms with Gasteiger partial charge in [-0.15, -0.1) is 0 Å². The molecule has 0 saturated heterocycles. The van der Waals surface area contributed by atoms with Crippen LogP contribution >= 0.6 is 0 Å². The van der Waals surface area contributed by atoms with Crippen molar-refractivity contribution >= 4 is 7.85 Å². The van der Waals surface area contributed by atoms with E-state index in [0.29, 0.717) is 21.6 Å². The second kappa shape index (κ2) is 3.82. The fourth-order valence-corrected chi connectivity index (χ4v) is 2.74. The summed E-state index contributed by atoms with van der Waals surface area (Å²) in [4.78, 5) is 0. The highest BCUT2D eigenvalue weighted by Gasteiger charge is 2.52. The lowest BCUT2D eigenvalue weighted by Gasteiger charge is -2.59. The van der Waals surface area contributed by atoms with Crippen molar-refractivity contribution in [2.75, 3.05) is 0 Å². The van der Waals surface area contributed by atoms with E-state index in [9.17, 15) is 0 Å². The molecule has 90 valence electrons. The molecule has 0 aromatic rings. The topological polar surface area (TPSA) is 0 Å². The van der Waals surface area contributed by atoms with Crippen LogP contribution in [0.4, 0.5) is 0 Å². The normalized spacial score (nSPS) is 21.9. The molecule has 0 radical (unpaired) electrons. The average Bonchev–Trinajstić information content (AvgIpc) is 1.98. The second-order valence-corrected chi connectivity index (χ2v) is 7.81. The van der Waals surface area contributed by atoms with Gasteiger partial charge in [-0.2, -0.15) is 0 Å². The Balaban J connectivity index is 5.50. The Morgan fingerprint density at radius 3 is 1.13 bits per heavy atom. The van der Waals surface area contributed by atoms with Crippen LogP contribution in [0.2, 0.25) is 5.31 Å². The van der Waals surface area contributed by atoms with Crippen LogP contribution in [0, 0.1) is 16.2 Å². The molecular formula is C14H31B. The molecule has 0 nitrogen and oxygen atoms in total. The first-order valence-corrected chi connectivity index (χ1v) is 6.31. The van der Waals surface area contributed by atoms with E-state index in [2.05, 4.69) is 70.2 Å². The molecule has 15 heavy (non-hydrogen) atoms. The van der Waals surface area contributed by atoms with Crippen molar-refractivity contribution in [3.05, 3.63) is 0 Å². The maximum atomic E-state index is 2.46. The molecule has 0 saturated carbocycles. The predicted octanol–water partition coefficient (Wildman–Crippen LogP) is 4.31. The summed E-state index contributed by atoms with van der Waals surface area (Å²) in [6, 6.07) is 0. The maximum Gasteiger partial charge on any atom is 0.110 e. The Hall–Kier alpha value is 0.0649. The molecule has 1 heteroatoms. The number of rotatable bonds is 2. The summed E-state index contributed by atoms with van der Waals surface area (Å²) in [5.41, 5.74) is 1.04. The minimum atomic E-state index is 0.326. The molecule has 0 aliphatic carbocycles. The number of hydrogen-bond acceptors (Lipinski definition) is 0. The van der Waals surface area contributed by atoms with Crippen molar-refractivity contribution in [1.29, 1.82) is 0 Å². The van der Waals surface area contributed by atoms with E-state index in [0.717, 1.165) is 0 Å². The molecule has 0 aromatic carbocycles. The molecule has 0 N–H and O–H groups in total. The lowest BCUT2D eigenvalue weighted by Crippen LogP contribution is -2.48. The standard InChI is InChI=1S/C14H31B/c1-10-13(8,11(2,3)4)14(9,15)12(5,6)7/h10,15H2,1-9H3. The van der Waals surface area contributed by atoms with Gasteiger partial charge in [0.05, 0.1) is 0 Å². The van der Waals surface area contributed by atoms with Crippen LogP contribution in [0.15, 0.2) is 0 Å². The van der Waals surface area contributed by atoms with Gasteiger partial charge in [0, 0.05) is 0 Å². The van der Waals surface area contributed by atoms with Crippen molar-refractivity contribution in [2.45, 2.75) is 74.0 Å². The Bertz CT molecular complexity index is 214. The first-order valence-electron chi connectivity index (χ1n) is 6.31. The fourth-order valence-electron chi connectivity index (χ4n) is 2.74. The molecule has 0 aromatic heterocycles. The summed E-state index contributed by atoms with van der Waals surface area (Å²) in [6.45, 7) is 21.5. The molecular weight excluding hydrogens is 179 g/mol. The molecule has 0 fully saturated rings. The average molecular weight is 210 g/mol. The van der Waals surface area contributed by atoms with Gasteiger partial charge < -0.3 is 0 Å². The van der Waals surface area contributed by atoms with Crippen molar-refractivity contribution in [3.8, 4) is 0 Å². The van der Waals surface area contributed by atoms with E-state index in [1.54, 1.807) is 0 Å². The van der Waals surface area contributed by atoms with Gasteiger partial charge in [0.2, 0.25) is 0 Å². The summed E-state index contributed by atoms with van der Waals surface area (Å²) in [6.07, 6.45) is 1.24. The van der Waals surface area contributed by atoms with Gasteiger partial charge >= 0.3 is 0 Å². The second-order valence-electron chi connectivity index (χ2n) is 7.81. The summed E-state index contributed by atoms with van der Waals surface area (Å²) in [7, 11) is 2.43. The highest BCUT2D eigenvalue weighted by molar-refractivity contribution is 6.16. The summed E-state index contributed by atoms with van der Waals surface area (Å²) < 4.78 is 0. The SMILES string of the molecule is BC(C)(C(C)(C)C)C(C)(CC)C(C)(C)C. The van der Waals surface area contributed by atoms with Crippen LogP contribution in [0.1, 0.15) is 68.7 Å². The minimum absolute atomic E-state index is 0.326. The van der Waals surface area contributed by atoms with Gasteiger partial charge in [0.1, 0.15) is 7.85 Å². The van der Waals surface area contributed by atoms with E-state index in [1.165, 1.54) is 6.42 Å². The maximum absolute atomic E-state index is 2.46. The number of hydrogen-bond donors (Lipinski definition) is 0. The van der Waals surface area contributed by atoms with E-state index < -0.39 is 0 Å². The quantitative estimate of drug-likeness (QED) is 0.596. The summed E-state index contributed by atoms with van der Waals surface area (Å²) in [5, 5.41) is 0.326. The van der Waals surface area contributed by atoms with Gasteiger partial charge in [-0.3, -0.25) is 0 Å². The summed E-state index contributed by atoms with van der Waals surface area (Å²) >= 11 is 0. The highest BCUT2D eigenvalue weighted by Crippen LogP contribution is 2.63. The van der Waals surface area contributed by atoms with E-state index >= 15 is 0 Å². The van der Waals surface area contributed by atoms with Crippen LogP contribution in [-0.2, 0) is 0 Å². The van der Waals surface area contributed by atoms with E-state index in [4.69, 9.17) is 0 Å². The highest BCUT2D eigenvalue weighted by atomic mass is 14.5. The molecule has 2 unspecified atom stereocenters. The molecule has 0 heterocycles. The Morgan fingerprint density at radius 2 is 1.07 bits per heavy atom. The molecule has 2 atom stereocenters. The first-order chi connectivity index (χ1) is 6.31. The molecule has 0 rings (SSSR count). The zero-order valence-corrected chi connectivity index (χ0v) is 12.7. The van der Waals surface area contributed by atoms with Crippen molar-refractivity contribution in [3.63, 3.8) is 0 Å². The van der Waals surface area contributed by atoms with Gasteiger partial charge in [-0.05, 0) is 16.2 Å².